The zero-order valence-corrected chi connectivity index (χ0v) is 15.3. The molecule has 1 N–H and O–H groups in total. The number of hydrogen-bond donors (Lipinski definition) is 1. The van der Waals surface area contributed by atoms with Crippen molar-refractivity contribution in [2.75, 3.05) is 13.1 Å². The molecule has 6 heteroatoms. The normalized spacial score (nSPS) is 22.9. The molecular formula is C17H27N3O2S. The Morgan fingerprint density at radius 2 is 2.09 bits per heavy atom. The number of rotatable bonds is 5. The molecule has 2 rings (SSSR count). The van der Waals surface area contributed by atoms with Gasteiger partial charge >= 0.3 is 0 Å². The molecule has 0 aromatic carbocycles. The third-order valence-electron chi connectivity index (χ3n) is 4.10. The number of carbonyl (C=O) groups is 1. The second-order valence-corrected chi connectivity index (χ2v) is 8.07. The van der Waals surface area contributed by atoms with Crippen LogP contribution in [0.1, 0.15) is 46.2 Å². The van der Waals surface area contributed by atoms with Gasteiger partial charge in [0.05, 0.1) is 5.25 Å². The number of likely N-dealkylation sites (tertiary alicyclic amines) is 1. The van der Waals surface area contributed by atoms with Crippen molar-refractivity contribution in [3.63, 3.8) is 0 Å². The van der Waals surface area contributed by atoms with Gasteiger partial charge < -0.3 is 9.88 Å². The highest BCUT2D eigenvalue weighted by Gasteiger charge is 2.29. The molecule has 0 aliphatic carbocycles. The van der Waals surface area contributed by atoms with Crippen molar-refractivity contribution >= 4 is 17.7 Å². The fourth-order valence-corrected chi connectivity index (χ4v) is 4.16. The Morgan fingerprint density at radius 1 is 1.43 bits per heavy atom. The molecule has 3 atom stereocenters. The standard InChI is InChI=1S/C17H27N3O2S/c1-5-6-14-8-15(21)19-17(18-14)23-13(4)16(22)20-9-11(2)7-12(3)10-20/h8,11-13H,5-7,9-10H2,1-4H3,(H,18,19,21)/t11-,12+,13-/m1/s1. The van der Waals surface area contributed by atoms with Gasteiger partial charge in [-0.05, 0) is 31.6 Å². The fourth-order valence-electron chi connectivity index (χ4n) is 3.24. The zero-order chi connectivity index (χ0) is 17.0. The summed E-state index contributed by atoms with van der Waals surface area (Å²) in [5, 5.41) is 0.299. The Labute approximate surface area is 142 Å². The molecule has 1 fully saturated rings. The molecule has 1 aliphatic heterocycles. The molecule has 0 unspecified atom stereocenters. The number of H-pyrrole nitrogens is 1. The van der Waals surface area contributed by atoms with Gasteiger partial charge in [-0.25, -0.2) is 4.98 Å². The van der Waals surface area contributed by atoms with Gasteiger partial charge in [-0.3, -0.25) is 9.59 Å². The van der Waals surface area contributed by atoms with Gasteiger partial charge in [0.2, 0.25) is 5.91 Å². The topological polar surface area (TPSA) is 66.1 Å². The van der Waals surface area contributed by atoms with E-state index >= 15 is 0 Å². The van der Waals surface area contributed by atoms with E-state index in [4.69, 9.17) is 0 Å². The van der Waals surface area contributed by atoms with Crippen molar-refractivity contribution in [3.8, 4) is 0 Å². The van der Waals surface area contributed by atoms with E-state index in [2.05, 4.69) is 30.7 Å². The molecule has 1 saturated heterocycles. The van der Waals surface area contributed by atoms with Crippen LogP contribution >= 0.6 is 11.8 Å². The van der Waals surface area contributed by atoms with Crippen molar-refractivity contribution in [1.29, 1.82) is 0 Å². The molecule has 5 nitrogen and oxygen atoms in total. The first-order valence-corrected chi connectivity index (χ1v) is 9.32. The van der Waals surface area contributed by atoms with Gasteiger partial charge in [-0.1, -0.05) is 39.0 Å². The Kier molecular flexibility index (Phi) is 6.27. The minimum absolute atomic E-state index is 0.136. The summed E-state index contributed by atoms with van der Waals surface area (Å²) in [6.45, 7) is 9.99. The van der Waals surface area contributed by atoms with E-state index in [0.29, 0.717) is 17.0 Å². The van der Waals surface area contributed by atoms with Gasteiger partial charge in [-0.2, -0.15) is 0 Å². The summed E-state index contributed by atoms with van der Waals surface area (Å²) in [6, 6.07) is 1.54. The van der Waals surface area contributed by atoms with Crippen LogP contribution in [-0.2, 0) is 11.2 Å². The van der Waals surface area contributed by atoms with E-state index in [1.54, 1.807) is 0 Å². The summed E-state index contributed by atoms with van der Waals surface area (Å²) in [7, 11) is 0. The SMILES string of the molecule is CCCc1cc(=O)[nH]c(S[C@H](C)C(=O)N2C[C@H](C)C[C@H](C)C2)n1. The van der Waals surface area contributed by atoms with E-state index in [9.17, 15) is 9.59 Å². The zero-order valence-electron chi connectivity index (χ0n) is 14.5. The number of piperidine rings is 1. The summed E-state index contributed by atoms with van der Waals surface area (Å²) >= 11 is 1.34. The summed E-state index contributed by atoms with van der Waals surface area (Å²) in [5.74, 6) is 1.23. The van der Waals surface area contributed by atoms with E-state index in [0.717, 1.165) is 31.6 Å². The van der Waals surface area contributed by atoms with Crippen molar-refractivity contribution in [2.45, 2.75) is 57.4 Å². The molecule has 0 spiro atoms. The average Bonchev–Trinajstić information content (AvgIpc) is 2.45. The molecule has 1 aromatic rings. The second-order valence-electron chi connectivity index (χ2n) is 6.74. The van der Waals surface area contributed by atoms with Crippen LogP contribution in [0.4, 0.5) is 0 Å². The highest BCUT2D eigenvalue weighted by Crippen LogP contribution is 2.25. The molecular weight excluding hydrogens is 310 g/mol. The molecule has 23 heavy (non-hydrogen) atoms. The largest absolute Gasteiger partial charge is 0.341 e. The maximum absolute atomic E-state index is 12.7. The third-order valence-corrected chi connectivity index (χ3v) is 5.07. The molecule has 128 valence electrons. The average molecular weight is 337 g/mol. The number of hydrogen-bond acceptors (Lipinski definition) is 4. The van der Waals surface area contributed by atoms with Crippen LogP contribution in [0.5, 0.6) is 0 Å². The molecule has 1 aromatic heterocycles. The lowest BCUT2D eigenvalue weighted by atomic mass is 9.92. The number of thioether (sulfide) groups is 1. The van der Waals surface area contributed by atoms with E-state index in [-0.39, 0.29) is 16.7 Å². The van der Waals surface area contributed by atoms with E-state index in [1.165, 1.54) is 24.2 Å². The van der Waals surface area contributed by atoms with Crippen LogP contribution in [0, 0.1) is 11.8 Å². The fraction of sp³-hybridized carbons (Fsp3) is 0.706. The molecule has 2 heterocycles. The first-order valence-electron chi connectivity index (χ1n) is 8.44. The summed E-state index contributed by atoms with van der Waals surface area (Å²) < 4.78 is 0. The number of aromatic nitrogens is 2. The maximum atomic E-state index is 12.7. The Balaban J connectivity index is 2.04. The Morgan fingerprint density at radius 3 is 2.70 bits per heavy atom. The van der Waals surface area contributed by atoms with Crippen LogP contribution in [0.15, 0.2) is 16.0 Å². The number of nitrogens with one attached hydrogen (secondary N) is 1. The number of nitrogens with zero attached hydrogens (tertiary/aromatic N) is 2. The third kappa shape index (κ3) is 5.09. The predicted molar refractivity (Wildman–Crippen MR) is 93.7 cm³/mol. The first-order chi connectivity index (χ1) is 10.9. The smallest absolute Gasteiger partial charge is 0.251 e. The lowest BCUT2D eigenvalue weighted by Gasteiger charge is -2.36. The van der Waals surface area contributed by atoms with Gasteiger partial charge in [-0.15, -0.1) is 0 Å². The number of aryl methyl sites for hydroxylation is 1. The van der Waals surface area contributed by atoms with Crippen LogP contribution in [0.2, 0.25) is 0 Å². The predicted octanol–water partition coefficient (Wildman–Crippen LogP) is 2.71. The Hall–Kier alpha value is -1.30. The Bertz CT molecular complexity index is 592. The molecule has 1 aliphatic rings. The van der Waals surface area contributed by atoms with Crippen molar-refractivity contribution in [2.24, 2.45) is 11.8 Å². The molecule has 0 saturated carbocycles. The monoisotopic (exact) mass is 337 g/mol. The highest BCUT2D eigenvalue weighted by atomic mass is 32.2. The second kappa shape index (κ2) is 7.99. The molecule has 0 bridgehead atoms. The van der Waals surface area contributed by atoms with Crippen molar-refractivity contribution in [3.05, 3.63) is 22.1 Å². The summed E-state index contributed by atoms with van der Waals surface area (Å²) in [4.78, 5) is 33.6. The minimum Gasteiger partial charge on any atom is -0.341 e. The lowest BCUT2D eigenvalue weighted by Crippen LogP contribution is -2.45. The van der Waals surface area contributed by atoms with E-state index in [1.807, 2.05) is 11.8 Å². The maximum Gasteiger partial charge on any atom is 0.251 e. The van der Waals surface area contributed by atoms with Gasteiger partial charge in [0, 0.05) is 24.8 Å². The number of carbonyl (C=O) groups excluding carboxylic acids is 1. The molecule has 1 amide bonds. The van der Waals surface area contributed by atoms with Crippen LogP contribution < -0.4 is 5.56 Å². The van der Waals surface area contributed by atoms with Crippen LogP contribution in [0.25, 0.3) is 0 Å². The van der Waals surface area contributed by atoms with Crippen molar-refractivity contribution < 1.29 is 4.79 Å². The first kappa shape index (κ1) is 18.0. The van der Waals surface area contributed by atoms with Gasteiger partial charge in [0.1, 0.15) is 0 Å². The lowest BCUT2D eigenvalue weighted by molar-refractivity contribution is -0.132. The van der Waals surface area contributed by atoms with Crippen LogP contribution in [0.3, 0.4) is 0 Å². The molecule has 0 radical (unpaired) electrons. The minimum atomic E-state index is -0.243. The number of amides is 1. The van der Waals surface area contributed by atoms with Crippen molar-refractivity contribution in [1.82, 2.24) is 14.9 Å². The van der Waals surface area contributed by atoms with Crippen LogP contribution in [-0.4, -0.2) is 39.1 Å². The number of aromatic amines is 1. The summed E-state index contributed by atoms with van der Waals surface area (Å²) in [5.41, 5.74) is 0.643. The highest BCUT2D eigenvalue weighted by molar-refractivity contribution is 8.00. The van der Waals surface area contributed by atoms with Gasteiger partial charge in [0.25, 0.3) is 5.56 Å². The quantitative estimate of drug-likeness (QED) is 0.663. The van der Waals surface area contributed by atoms with E-state index < -0.39 is 0 Å². The van der Waals surface area contributed by atoms with Gasteiger partial charge in [0.15, 0.2) is 5.16 Å². The summed E-state index contributed by atoms with van der Waals surface area (Å²) in [6.07, 6.45) is 2.90.